The fourth-order valence-electron chi connectivity index (χ4n) is 3.17. The fourth-order valence-corrected chi connectivity index (χ4v) is 3.17. The van der Waals surface area contributed by atoms with Gasteiger partial charge in [0, 0.05) is 71.9 Å². The summed E-state index contributed by atoms with van der Waals surface area (Å²) in [4.78, 5) is 10.3. The molecule has 8 nitrogen and oxygen atoms in total. The van der Waals surface area contributed by atoms with Gasteiger partial charge < -0.3 is 37.8 Å². The van der Waals surface area contributed by atoms with Gasteiger partial charge in [-0.15, -0.1) is 0 Å². The second kappa shape index (κ2) is 32.4. The summed E-state index contributed by atoms with van der Waals surface area (Å²) in [5, 5.41) is 21.6. The van der Waals surface area contributed by atoms with Crippen molar-refractivity contribution in [3.8, 4) is 0 Å². The number of hydrogen-bond donors (Lipinski definition) is 7. The molecule has 0 atom stereocenters. The van der Waals surface area contributed by atoms with Gasteiger partial charge in [0.25, 0.3) is 0 Å². The van der Waals surface area contributed by atoms with Crippen LogP contribution in [0.5, 0.6) is 0 Å². The number of carbonyl (C=O) groups is 1. The van der Waals surface area contributed by atoms with E-state index in [4.69, 9.17) is 16.6 Å². The van der Waals surface area contributed by atoms with E-state index in [1.54, 1.807) is 0 Å². The molecule has 0 heterocycles. The normalized spacial score (nSPS) is 10.7. The van der Waals surface area contributed by atoms with Gasteiger partial charge in [0.2, 0.25) is 0 Å². The molecule has 0 radical (unpaired) electrons. The third kappa shape index (κ3) is 36.6. The Morgan fingerprint density at radius 2 is 0.875 bits per heavy atom. The summed E-state index contributed by atoms with van der Waals surface area (Å²) in [6, 6.07) is 0. The van der Waals surface area contributed by atoms with Crippen LogP contribution in [0.2, 0.25) is 0 Å². The van der Waals surface area contributed by atoms with Gasteiger partial charge in [-0.2, -0.15) is 0 Å². The molecule has 0 aromatic carbocycles. The molecule has 0 spiro atoms. The van der Waals surface area contributed by atoms with Crippen LogP contribution in [0.4, 0.5) is 0 Å². The Balaban J connectivity index is 0. The highest BCUT2D eigenvalue weighted by Crippen LogP contribution is 2.11. The maximum Gasteiger partial charge on any atom is 0.303 e. The zero-order valence-electron chi connectivity index (χ0n) is 21.1. The molecule has 8 heteroatoms. The first kappa shape index (κ1) is 33.4. The van der Waals surface area contributed by atoms with Gasteiger partial charge in [0.05, 0.1) is 0 Å². The molecular weight excluding hydrogens is 404 g/mol. The van der Waals surface area contributed by atoms with Crippen molar-refractivity contribution >= 4 is 5.97 Å². The molecule has 0 bridgehead atoms. The van der Waals surface area contributed by atoms with Gasteiger partial charge >= 0.3 is 5.97 Å². The Morgan fingerprint density at radius 1 is 0.562 bits per heavy atom. The minimum Gasteiger partial charge on any atom is -0.481 e. The van der Waals surface area contributed by atoms with Gasteiger partial charge in [0.1, 0.15) is 0 Å². The summed E-state index contributed by atoms with van der Waals surface area (Å²) in [5.74, 6) is -0.657. The van der Waals surface area contributed by atoms with Crippen molar-refractivity contribution in [1.29, 1.82) is 0 Å². The van der Waals surface area contributed by atoms with Crippen LogP contribution in [0.15, 0.2) is 0 Å². The second-order valence-electron chi connectivity index (χ2n) is 8.26. The highest BCUT2D eigenvalue weighted by Gasteiger charge is 1.96. The van der Waals surface area contributed by atoms with E-state index in [1.807, 2.05) is 0 Å². The SMILES string of the molecule is CCCCCCCCCCCCCC(=O)O.NCCNCCNCCNCCNCCN. The molecule has 194 valence electrons. The van der Waals surface area contributed by atoms with Crippen LogP contribution in [-0.4, -0.2) is 76.5 Å². The molecule has 0 saturated carbocycles. The third-order valence-corrected chi connectivity index (χ3v) is 5.07. The number of rotatable bonds is 25. The smallest absolute Gasteiger partial charge is 0.303 e. The van der Waals surface area contributed by atoms with Crippen molar-refractivity contribution < 1.29 is 9.90 Å². The van der Waals surface area contributed by atoms with Crippen LogP contribution in [0.25, 0.3) is 0 Å². The van der Waals surface area contributed by atoms with E-state index < -0.39 is 5.97 Å². The molecule has 0 aliphatic carbocycles. The predicted octanol–water partition coefficient (Wildman–Crippen LogP) is 2.03. The Kier molecular flexibility index (Phi) is 33.8. The number of unbranched alkanes of at least 4 members (excludes halogenated alkanes) is 10. The van der Waals surface area contributed by atoms with Gasteiger partial charge in [-0.3, -0.25) is 4.79 Å². The highest BCUT2D eigenvalue weighted by atomic mass is 16.4. The molecule has 0 rings (SSSR count). The van der Waals surface area contributed by atoms with Crippen LogP contribution in [0.1, 0.15) is 84.0 Å². The average molecular weight is 461 g/mol. The number of carboxylic acid groups (broad SMARTS) is 1. The molecule has 9 N–H and O–H groups in total. The lowest BCUT2D eigenvalue weighted by Crippen LogP contribution is -2.36. The lowest BCUT2D eigenvalue weighted by Gasteiger charge is -2.07. The van der Waals surface area contributed by atoms with Crippen LogP contribution in [0.3, 0.4) is 0 Å². The average Bonchev–Trinajstić information content (AvgIpc) is 2.78. The minimum atomic E-state index is -0.657. The maximum atomic E-state index is 10.3. The van der Waals surface area contributed by atoms with Crippen molar-refractivity contribution in [2.24, 2.45) is 11.5 Å². The first-order chi connectivity index (χ1) is 15.7. The monoisotopic (exact) mass is 460 g/mol. The van der Waals surface area contributed by atoms with Crippen molar-refractivity contribution in [3.05, 3.63) is 0 Å². The topological polar surface area (TPSA) is 137 Å². The van der Waals surface area contributed by atoms with E-state index in [9.17, 15) is 4.79 Å². The molecular formula is C24H56N6O2. The highest BCUT2D eigenvalue weighted by molar-refractivity contribution is 5.66. The van der Waals surface area contributed by atoms with E-state index in [-0.39, 0.29) is 0 Å². The quantitative estimate of drug-likeness (QED) is 0.103. The second-order valence-corrected chi connectivity index (χ2v) is 8.26. The summed E-state index contributed by atoms with van der Waals surface area (Å²) >= 11 is 0. The molecule has 0 aromatic heterocycles. The lowest BCUT2D eigenvalue weighted by molar-refractivity contribution is -0.137. The van der Waals surface area contributed by atoms with Gasteiger partial charge in [-0.1, -0.05) is 71.1 Å². The fraction of sp³-hybridized carbons (Fsp3) is 0.958. The van der Waals surface area contributed by atoms with Crippen molar-refractivity contribution in [2.45, 2.75) is 84.0 Å². The lowest BCUT2D eigenvalue weighted by atomic mass is 10.1. The first-order valence-electron chi connectivity index (χ1n) is 13.1. The van der Waals surface area contributed by atoms with E-state index in [1.165, 1.54) is 57.8 Å². The molecule has 0 saturated heterocycles. The Morgan fingerprint density at radius 3 is 1.19 bits per heavy atom. The number of hydrogen-bond acceptors (Lipinski definition) is 7. The van der Waals surface area contributed by atoms with E-state index >= 15 is 0 Å². The Hall–Kier alpha value is -0.770. The van der Waals surface area contributed by atoms with E-state index in [0.29, 0.717) is 19.5 Å². The van der Waals surface area contributed by atoms with Gasteiger partial charge in [0.15, 0.2) is 0 Å². The number of nitrogens with two attached hydrogens (primary N) is 2. The first-order valence-corrected chi connectivity index (χ1v) is 13.1. The number of carboxylic acids is 1. The maximum absolute atomic E-state index is 10.3. The van der Waals surface area contributed by atoms with Crippen LogP contribution >= 0.6 is 0 Å². The zero-order chi connectivity index (χ0) is 24.0. The summed E-state index contributed by atoms with van der Waals surface area (Å²) < 4.78 is 0. The standard InChI is InChI=1S/C14H28O2.C10H28N6/c1-2-3-4-5-6-7-8-9-10-11-12-13-14(15)16;11-1-3-13-5-7-15-9-10-16-8-6-14-4-2-12/h2-13H2,1H3,(H,15,16);13-16H,1-12H2. The molecule has 0 aliphatic heterocycles. The molecule has 0 aliphatic rings. The van der Waals surface area contributed by atoms with Crippen molar-refractivity contribution in [3.63, 3.8) is 0 Å². The zero-order valence-corrected chi connectivity index (χ0v) is 21.1. The van der Waals surface area contributed by atoms with Gasteiger partial charge in [-0.25, -0.2) is 0 Å². The summed E-state index contributed by atoms with van der Waals surface area (Å²) in [6.07, 6.45) is 14.4. The van der Waals surface area contributed by atoms with E-state index in [0.717, 1.165) is 65.2 Å². The summed E-state index contributed by atoms with van der Waals surface area (Å²) in [7, 11) is 0. The number of nitrogens with one attached hydrogen (secondary N) is 4. The molecule has 0 fully saturated rings. The third-order valence-electron chi connectivity index (χ3n) is 5.07. The van der Waals surface area contributed by atoms with Crippen molar-refractivity contribution in [2.75, 3.05) is 65.4 Å². The van der Waals surface area contributed by atoms with Crippen LogP contribution < -0.4 is 32.7 Å². The van der Waals surface area contributed by atoms with Crippen LogP contribution in [0, 0.1) is 0 Å². The van der Waals surface area contributed by atoms with Crippen LogP contribution in [-0.2, 0) is 4.79 Å². The molecule has 0 unspecified atom stereocenters. The largest absolute Gasteiger partial charge is 0.481 e. The summed E-state index contributed by atoms with van der Waals surface area (Å²) in [5.41, 5.74) is 10.7. The van der Waals surface area contributed by atoms with Gasteiger partial charge in [-0.05, 0) is 6.42 Å². The summed E-state index contributed by atoms with van der Waals surface area (Å²) in [6.45, 7) is 11.4. The predicted molar refractivity (Wildman–Crippen MR) is 138 cm³/mol. The Labute approximate surface area is 198 Å². The minimum absolute atomic E-state index is 0.344. The molecule has 0 amide bonds. The van der Waals surface area contributed by atoms with Crippen molar-refractivity contribution in [1.82, 2.24) is 21.3 Å². The van der Waals surface area contributed by atoms with E-state index in [2.05, 4.69) is 28.2 Å². The molecule has 32 heavy (non-hydrogen) atoms. The number of aliphatic carboxylic acids is 1. The molecule has 0 aromatic rings. The Bertz CT molecular complexity index is 334.